The van der Waals surface area contributed by atoms with Crippen molar-refractivity contribution in [2.75, 3.05) is 5.73 Å². The third kappa shape index (κ3) is 2.49. The van der Waals surface area contributed by atoms with Gasteiger partial charge in [-0.25, -0.2) is 4.52 Å². The Bertz CT molecular complexity index is 792. The summed E-state index contributed by atoms with van der Waals surface area (Å²) in [6.07, 6.45) is 1.97. The minimum Gasteiger partial charge on any atom is -0.366 e. The number of nitrogens with zero attached hydrogens (tertiary/aromatic N) is 3. The van der Waals surface area contributed by atoms with Crippen LogP contribution in [0.2, 0.25) is 0 Å². The molecule has 0 amide bonds. The molecule has 0 radical (unpaired) electrons. The van der Waals surface area contributed by atoms with Gasteiger partial charge in [0.05, 0.1) is 0 Å². The van der Waals surface area contributed by atoms with Crippen LogP contribution in [0.1, 0.15) is 31.9 Å². The minimum absolute atomic E-state index is 0.165. The number of hydrogen-bond donors (Lipinski definition) is 1. The molecule has 0 spiro atoms. The number of pyridine rings is 1. The standard InChI is InChI=1S/C17H20N4/c1-11-9-13(10-21-15(11)19-16(18)20-21)12-5-7-14(8-6-12)17(2,3)4/h5-10H,1-4H3,(H2,18,20). The van der Waals surface area contributed by atoms with E-state index in [-0.39, 0.29) is 5.41 Å². The van der Waals surface area contributed by atoms with Crippen LogP contribution in [0.25, 0.3) is 16.8 Å². The molecule has 0 fully saturated rings. The lowest BCUT2D eigenvalue weighted by atomic mass is 9.86. The summed E-state index contributed by atoms with van der Waals surface area (Å²) in [5.41, 5.74) is 11.3. The van der Waals surface area contributed by atoms with Crippen LogP contribution in [0.5, 0.6) is 0 Å². The average Bonchev–Trinajstić information content (AvgIpc) is 2.79. The van der Waals surface area contributed by atoms with Gasteiger partial charge >= 0.3 is 0 Å². The average molecular weight is 280 g/mol. The number of aryl methyl sites for hydroxylation is 1. The smallest absolute Gasteiger partial charge is 0.240 e. The Morgan fingerprint density at radius 3 is 2.33 bits per heavy atom. The Balaban J connectivity index is 2.08. The van der Waals surface area contributed by atoms with Crippen molar-refractivity contribution in [1.82, 2.24) is 14.6 Å². The lowest BCUT2D eigenvalue weighted by molar-refractivity contribution is 0.590. The van der Waals surface area contributed by atoms with E-state index in [2.05, 4.69) is 61.2 Å². The monoisotopic (exact) mass is 280 g/mol. The van der Waals surface area contributed by atoms with Gasteiger partial charge in [-0.2, -0.15) is 4.98 Å². The zero-order chi connectivity index (χ0) is 15.2. The second-order valence-corrected chi connectivity index (χ2v) is 6.48. The second kappa shape index (κ2) is 4.58. The molecule has 0 aliphatic heterocycles. The zero-order valence-corrected chi connectivity index (χ0v) is 12.9. The van der Waals surface area contributed by atoms with E-state index in [0.29, 0.717) is 5.95 Å². The van der Waals surface area contributed by atoms with E-state index in [0.717, 1.165) is 16.8 Å². The van der Waals surface area contributed by atoms with Crippen LogP contribution >= 0.6 is 0 Å². The lowest BCUT2D eigenvalue weighted by Crippen LogP contribution is -2.10. The predicted octanol–water partition coefficient (Wildman–Crippen LogP) is 3.58. The molecule has 0 atom stereocenters. The highest BCUT2D eigenvalue weighted by atomic mass is 15.3. The van der Waals surface area contributed by atoms with Gasteiger partial charge in [0.15, 0.2) is 5.65 Å². The molecule has 108 valence electrons. The van der Waals surface area contributed by atoms with Crippen molar-refractivity contribution < 1.29 is 0 Å². The molecular formula is C17H20N4. The fourth-order valence-electron chi connectivity index (χ4n) is 2.49. The van der Waals surface area contributed by atoms with Crippen molar-refractivity contribution in [3.05, 3.63) is 47.7 Å². The third-order valence-electron chi connectivity index (χ3n) is 3.72. The number of hydrogen-bond acceptors (Lipinski definition) is 3. The first-order valence-electron chi connectivity index (χ1n) is 7.08. The van der Waals surface area contributed by atoms with E-state index >= 15 is 0 Å². The van der Waals surface area contributed by atoms with Crippen LogP contribution in [0, 0.1) is 6.92 Å². The Morgan fingerprint density at radius 2 is 1.71 bits per heavy atom. The van der Waals surface area contributed by atoms with Gasteiger partial charge in [0, 0.05) is 11.8 Å². The molecule has 0 saturated carbocycles. The van der Waals surface area contributed by atoms with Gasteiger partial charge in [-0.3, -0.25) is 0 Å². The topological polar surface area (TPSA) is 56.2 Å². The zero-order valence-electron chi connectivity index (χ0n) is 12.9. The molecule has 0 aliphatic carbocycles. The molecule has 21 heavy (non-hydrogen) atoms. The molecular weight excluding hydrogens is 260 g/mol. The maximum Gasteiger partial charge on any atom is 0.240 e. The fraction of sp³-hybridized carbons (Fsp3) is 0.294. The summed E-state index contributed by atoms with van der Waals surface area (Å²) in [6.45, 7) is 8.68. The summed E-state index contributed by atoms with van der Waals surface area (Å²) in [5.74, 6) is 0.304. The number of fused-ring (bicyclic) bond motifs is 1. The minimum atomic E-state index is 0.165. The van der Waals surface area contributed by atoms with E-state index in [1.54, 1.807) is 4.52 Å². The number of benzene rings is 1. The molecule has 3 aromatic rings. The summed E-state index contributed by atoms with van der Waals surface area (Å²) in [6, 6.07) is 10.8. The first-order valence-corrected chi connectivity index (χ1v) is 7.08. The summed E-state index contributed by atoms with van der Waals surface area (Å²) in [4.78, 5) is 4.22. The van der Waals surface area contributed by atoms with E-state index in [9.17, 15) is 0 Å². The van der Waals surface area contributed by atoms with Crippen LogP contribution in [-0.2, 0) is 5.41 Å². The van der Waals surface area contributed by atoms with Gasteiger partial charge in [0.25, 0.3) is 0 Å². The van der Waals surface area contributed by atoms with Crippen molar-refractivity contribution in [3.63, 3.8) is 0 Å². The number of aromatic nitrogens is 3. The van der Waals surface area contributed by atoms with Crippen LogP contribution in [0.4, 0.5) is 5.95 Å². The summed E-state index contributed by atoms with van der Waals surface area (Å²) >= 11 is 0. The highest BCUT2D eigenvalue weighted by Crippen LogP contribution is 2.27. The molecule has 1 aromatic carbocycles. The van der Waals surface area contributed by atoms with Crippen LogP contribution in [-0.4, -0.2) is 14.6 Å². The van der Waals surface area contributed by atoms with E-state index in [4.69, 9.17) is 5.73 Å². The van der Waals surface area contributed by atoms with Gasteiger partial charge < -0.3 is 5.73 Å². The number of anilines is 1. The van der Waals surface area contributed by atoms with Crippen LogP contribution in [0.15, 0.2) is 36.5 Å². The van der Waals surface area contributed by atoms with Gasteiger partial charge in [-0.05, 0) is 35.1 Å². The van der Waals surface area contributed by atoms with Crippen molar-refractivity contribution in [3.8, 4) is 11.1 Å². The van der Waals surface area contributed by atoms with Gasteiger partial charge in [0.2, 0.25) is 5.95 Å². The van der Waals surface area contributed by atoms with Crippen molar-refractivity contribution in [2.45, 2.75) is 33.1 Å². The Labute approximate surface area is 124 Å². The molecule has 2 heterocycles. The Hall–Kier alpha value is -2.36. The van der Waals surface area contributed by atoms with Crippen LogP contribution < -0.4 is 5.73 Å². The maximum absolute atomic E-state index is 5.67. The van der Waals surface area contributed by atoms with Gasteiger partial charge in [0.1, 0.15) is 0 Å². The van der Waals surface area contributed by atoms with E-state index < -0.39 is 0 Å². The van der Waals surface area contributed by atoms with Gasteiger partial charge in [-0.1, -0.05) is 45.0 Å². The lowest BCUT2D eigenvalue weighted by Gasteiger charge is -2.19. The predicted molar refractivity (Wildman–Crippen MR) is 86.3 cm³/mol. The molecule has 0 unspecified atom stereocenters. The number of nitrogen functional groups attached to an aromatic ring is 1. The van der Waals surface area contributed by atoms with E-state index in [1.807, 2.05) is 13.1 Å². The molecule has 2 N–H and O–H groups in total. The van der Waals surface area contributed by atoms with Crippen LogP contribution in [0.3, 0.4) is 0 Å². The molecule has 4 nitrogen and oxygen atoms in total. The Kier molecular flexibility index (Phi) is 2.97. The summed E-state index contributed by atoms with van der Waals surface area (Å²) in [7, 11) is 0. The Morgan fingerprint density at radius 1 is 1.05 bits per heavy atom. The SMILES string of the molecule is Cc1cc(-c2ccc(C(C)(C)C)cc2)cn2nc(N)nc12. The molecule has 3 rings (SSSR count). The van der Waals surface area contributed by atoms with E-state index in [1.165, 1.54) is 11.1 Å². The maximum atomic E-state index is 5.67. The molecule has 0 saturated heterocycles. The van der Waals surface area contributed by atoms with Crippen molar-refractivity contribution in [2.24, 2.45) is 0 Å². The summed E-state index contributed by atoms with van der Waals surface area (Å²) in [5, 5.41) is 4.20. The molecule has 0 aliphatic rings. The highest BCUT2D eigenvalue weighted by Gasteiger charge is 2.13. The quantitative estimate of drug-likeness (QED) is 0.741. The first kappa shape index (κ1) is 13.6. The number of nitrogens with two attached hydrogens (primary N) is 1. The van der Waals surface area contributed by atoms with Crippen molar-refractivity contribution >= 4 is 11.6 Å². The fourth-order valence-corrected chi connectivity index (χ4v) is 2.49. The molecule has 0 bridgehead atoms. The molecule has 4 heteroatoms. The third-order valence-corrected chi connectivity index (χ3v) is 3.72. The van der Waals surface area contributed by atoms with Crippen molar-refractivity contribution in [1.29, 1.82) is 0 Å². The number of rotatable bonds is 1. The van der Waals surface area contributed by atoms with Gasteiger partial charge in [-0.15, -0.1) is 5.10 Å². The molecule has 2 aromatic heterocycles. The largest absolute Gasteiger partial charge is 0.366 e. The second-order valence-electron chi connectivity index (χ2n) is 6.48. The summed E-state index contributed by atoms with van der Waals surface area (Å²) < 4.78 is 1.75. The first-order chi connectivity index (χ1) is 9.84. The normalized spacial score (nSPS) is 12.0. The highest BCUT2D eigenvalue weighted by molar-refractivity contribution is 5.67.